The zero-order chi connectivity index (χ0) is 25.5. The van der Waals surface area contributed by atoms with E-state index >= 15 is 0 Å². The maximum absolute atomic E-state index is 14.1. The second-order valence-corrected chi connectivity index (χ2v) is 10.6. The van der Waals surface area contributed by atoms with E-state index in [0.29, 0.717) is 19.5 Å². The molecule has 7 nitrogen and oxygen atoms in total. The van der Waals surface area contributed by atoms with Crippen molar-refractivity contribution in [2.75, 3.05) is 20.1 Å². The van der Waals surface area contributed by atoms with E-state index in [1.807, 2.05) is 54.4 Å². The minimum atomic E-state index is -0.566. The van der Waals surface area contributed by atoms with Crippen LogP contribution >= 0.6 is 0 Å². The molecule has 0 aromatic heterocycles. The van der Waals surface area contributed by atoms with Crippen molar-refractivity contribution >= 4 is 23.8 Å². The molecule has 0 bridgehead atoms. The number of carbonyl (C=O) groups excluding carboxylic acids is 3. The van der Waals surface area contributed by atoms with E-state index in [2.05, 4.69) is 10.6 Å². The number of benzene rings is 1. The number of hydrogen-bond acceptors (Lipinski definition) is 4. The third-order valence-corrected chi connectivity index (χ3v) is 8.32. The molecule has 36 heavy (non-hydrogen) atoms. The summed E-state index contributed by atoms with van der Waals surface area (Å²) in [6, 6.07) is 8.62. The van der Waals surface area contributed by atoms with Crippen LogP contribution in [0.3, 0.4) is 0 Å². The van der Waals surface area contributed by atoms with Gasteiger partial charge in [0.25, 0.3) is 0 Å². The Balaban J connectivity index is 1.54. The fourth-order valence-corrected chi connectivity index (χ4v) is 6.23. The van der Waals surface area contributed by atoms with Gasteiger partial charge in [0.15, 0.2) is 0 Å². The predicted octanol–water partition coefficient (Wildman–Crippen LogP) is 3.56. The first-order valence-electron chi connectivity index (χ1n) is 13.8. The van der Waals surface area contributed by atoms with Crippen molar-refractivity contribution in [2.24, 2.45) is 11.8 Å². The highest BCUT2D eigenvalue weighted by Crippen LogP contribution is 2.35. The van der Waals surface area contributed by atoms with Crippen molar-refractivity contribution in [1.82, 2.24) is 20.4 Å². The molecule has 2 N–H and O–H groups in total. The quantitative estimate of drug-likeness (QED) is 0.579. The standard InChI is InChI=1S/C29H42N4O3/c1-3-24(30-2)27(34)31-25(22-13-8-5-9-14-22)28(35)33-20-17-23-15-10-18-32(29(36)26(23)33)19-16-21-11-6-4-7-12-21/h4,6-7,11-12,16,19,22-26,30H,3,5,8-10,13-15,17-18,20H2,1-2H3,(H,31,34). The molecule has 4 unspecified atom stereocenters. The summed E-state index contributed by atoms with van der Waals surface area (Å²) in [6.45, 7) is 3.21. The van der Waals surface area contributed by atoms with Gasteiger partial charge in [-0.2, -0.15) is 0 Å². The second kappa shape index (κ2) is 12.5. The molecule has 196 valence electrons. The lowest BCUT2D eigenvalue weighted by atomic mass is 9.83. The smallest absolute Gasteiger partial charge is 0.249 e. The molecule has 0 radical (unpaired) electrons. The van der Waals surface area contributed by atoms with E-state index in [0.717, 1.165) is 50.5 Å². The lowest BCUT2D eigenvalue weighted by Crippen LogP contribution is -2.58. The molecular formula is C29H42N4O3. The monoisotopic (exact) mass is 494 g/mol. The van der Waals surface area contributed by atoms with Gasteiger partial charge in [-0.3, -0.25) is 14.4 Å². The summed E-state index contributed by atoms with van der Waals surface area (Å²) < 4.78 is 0. The average molecular weight is 495 g/mol. The van der Waals surface area contributed by atoms with Crippen LogP contribution in [0.4, 0.5) is 0 Å². The van der Waals surface area contributed by atoms with E-state index in [9.17, 15) is 14.4 Å². The number of likely N-dealkylation sites (tertiary alicyclic amines) is 2. The number of nitrogens with zero attached hydrogens (tertiary/aromatic N) is 2. The molecule has 1 saturated carbocycles. The second-order valence-electron chi connectivity index (χ2n) is 10.6. The van der Waals surface area contributed by atoms with Gasteiger partial charge in [-0.25, -0.2) is 0 Å². The highest BCUT2D eigenvalue weighted by Gasteiger charge is 2.47. The summed E-state index contributed by atoms with van der Waals surface area (Å²) in [6.07, 6.45) is 12.4. The summed E-state index contributed by atoms with van der Waals surface area (Å²) >= 11 is 0. The first-order valence-corrected chi connectivity index (χ1v) is 13.8. The van der Waals surface area contributed by atoms with Crippen LogP contribution in [0.5, 0.6) is 0 Å². The van der Waals surface area contributed by atoms with Gasteiger partial charge >= 0.3 is 0 Å². The predicted molar refractivity (Wildman–Crippen MR) is 142 cm³/mol. The Morgan fingerprint density at radius 2 is 1.78 bits per heavy atom. The number of amides is 3. The van der Waals surface area contributed by atoms with Gasteiger partial charge in [0.1, 0.15) is 12.1 Å². The van der Waals surface area contributed by atoms with Crippen molar-refractivity contribution in [2.45, 2.75) is 82.8 Å². The number of rotatable bonds is 8. The molecule has 2 heterocycles. The third kappa shape index (κ3) is 6.00. The number of likely N-dealkylation sites (N-methyl/N-ethyl adjacent to an activating group) is 1. The summed E-state index contributed by atoms with van der Waals surface area (Å²) in [4.78, 5) is 44.5. The first-order chi connectivity index (χ1) is 17.5. The van der Waals surface area contributed by atoms with Crippen LogP contribution in [-0.2, 0) is 14.4 Å². The third-order valence-electron chi connectivity index (χ3n) is 8.32. The van der Waals surface area contributed by atoms with Crippen molar-refractivity contribution in [3.05, 3.63) is 42.1 Å². The van der Waals surface area contributed by atoms with Crippen molar-refractivity contribution in [1.29, 1.82) is 0 Å². The minimum Gasteiger partial charge on any atom is -0.343 e. The van der Waals surface area contributed by atoms with Crippen LogP contribution in [0.1, 0.15) is 70.3 Å². The molecule has 1 aromatic rings. The van der Waals surface area contributed by atoms with E-state index < -0.39 is 12.1 Å². The maximum atomic E-state index is 14.1. The Morgan fingerprint density at radius 1 is 1.03 bits per heavy atom. The zero-order valence-electron chi connectivity index (χ0n) is 21.8. The molecule has 4 atom stereocenters. The van der Waals surface area contributed by atoms with E-state index in [1.54, 1.807) is 11.9 Å². The van der Waals surface area contributed by atoms with Gasteiger partial charge in [-0.15, -0.1) is 0 Å². The van der Waals surface area contributed by atoms with Crippen LogP contribution in [0.2, 0.25) is 0 Å². The molecule has 3 aliphatic rings. The number of fused-ring (bicyclic) bond motifs is 1. The highest BCUT2D eigenvalue weighted by atomic mass is 16.2. The van der Waals surface area contributed by atoms with Crippen molar-refractivity contribution in [3.63, 3.8) is 0 Å². The number of carbonyl (C=O) groups is 3. The lowest BCUT2D eigenvalue weighted by Gasteiger charge is -2.36. The summed E-state index contributed by atoms with van der Waals surface area (Å²) in [5.41, 5.74) is 1.04. The van der Waals surface area contributed by atoms with Gasteiger partial charge in [0.05, 0.1) is 6.04 Å². The van der Waals surface area contributed by atoms with Crippen LogP contribution in [0.15, 0.2) is 36.5 Å². The van der Waals surface area contributed by atoms with E-state index in [1.165, 1.54) is 6.42 Å². The average Bonchev–Trinajstić information content (AvgIpc) is 3.27. The van der Waals surface area contributed by atoms with E-state index in [4.69, 9.17) is 0 Å². The van der Waals surface area contributed by atoms with Crippen LogP contribution in [0, 0.1) is 11.8 Å². The summed E-state index contributed by atoms with van der Waals surface area (Å²) in [5, 5.41) is 6.17. The first kappa shape index (κ1) is 26.4. The SMILES string of the molecule is CCC(NC)C(=O)NC(C(=O)N1CCC2CCCN(C=Cc3ccccc3)C(=O)C21)C1CCCCC1. The molecule has 2 saturated heterocycles. The molecule has 1 aliphatic carbocycles. The lowest BCUT2D eigenvalue weighted by molar-refractivity contribution is -0.146. The summed E-state index contributed by atoms with van der Waals surface area (Å²) in [5.74, 6) is 0.111. The maximum Gasteiger partial charge on any atom is 0.249 e. The minimum absolute atomic E-state index is 0.00547. The molecule has 3 amide bonds. The summed E-state index contributed by atoms with van der Waals surface area (Å²) in [7, 11) is 1.78. The highest BCUT2D eigenvalue weighted by molar-refractivity contribution is 5.94. The van der Waals surface area contributed by atoms with Crippen LogP contribution in [-0.4, -0.2) is 65.8 Å². The normalized spacial score (nSPS) is 24.9. The van der Waals surface area contributed by atoms with Crippen molar-refractivity contribution < 1.29 is 14.4 Å². The molecular weight excluding hydrogens is 452 g/mol. The fraction of sp³-hybridized carbons (Fsp3) is 0.621. The Morgan fingerprint density at radius 3 is 2.47 bits per heavy atom. The zero-order valence-corrected chi connectivity index (χ0v) is 21.8. The van der Waals surface area contributed by atoms with Gasteiger partial charge in [-0.1, -0.05) is 56.5 Å². The molecule has 0 spiro atoms. The van der Waals surface area contributed by atoms with Gasteiger partial charge in [-0.05, 0) is 69.0 Å². The Labute approximate surface area is 215 Å². The fourth-order valence-electron chi connectivity index (χ4n) is 6.23. The van der Waals surface area contributed by atoms with Crippen LogP contribution in [0.25, 0.3) is 6.08 Å². The topological polar surface area (TPSA) is 81.8 Å². The van der Waals surface area contributed by atoms with Gasteiger partial charge in [0, 0.05) is 19.3 Å². The van der Waals surface area contributed by atoms with Gasteiger partial charge in [0.2, 0.25) is 17.7 Å². The molecule has 4 rings (SSSR count). The Kier molecular flexibility index (Phi) is 9.19. The largest absolute Gasteiger partial charge is 0.343 e. The molecule has 7 heteroatoms. The Hall–Kier alpha value is -2.67. The Bertz CT molecular complexity index is 924. The number of hydrogen-bond donors (Lipinski definition) is 2. The van der Waals surface area contributed by atoms with Crippen LogP contribution < -0.4 is 10.6 Å². The molecule has 3 fully saturated rings. The number of nitrogens with one attached hydrogen (secondary N) is 2. The van der Waals surface area contributed by atoms with Gasteiger partial charge < -0.3 is 20.4 Å². The molecule has 1 aromatic carbocycles. The molecule has 2 aliphatic heterocycles. The van der Waals surface area contributed by atoms with Crippen molar-refractivity contribution in [3.8, 4) is 0 Å². The van der Waals surface area contributed by atoms with E-state index in [-0.39, 0.29) is 35.6 Å².